The summed E-state index contributed by atoms with van der Waals surface area (Å²) >= 11 is 5.95. The largest absolute Gasteiger partial charge is 0.343 e. The highest BCUT2D eigenvalue weighted by Crippen LogP contribution is 2.41. The molecular weight excluding hydrogens is 320 g/mol. The number of carbonyl (C=O) groups excluding carboxylic acids is 1. The third-order valence-corrected chi connectivity index (χ3v) is 4.71. The molecule has 0 radical (unpaired) electrons. The van der Waals surface area contributed by atoms with E-state index in [1.165, 1.54) is 6.08 Å². The summed E-state index contributed by atoms with van der Waals surface area (Å²) in [7, 11) is 0. The van der Waals surface area contributed by atoms with Crippen LogP contribution in [0.3, 0.4) is 0 Å². The maximum absolute atomic E-state index is 12.4. The summed E-state index contributed by atoms with van der Waals surface area (Å²) in [5.74, 6) is -0.155. The summed E-state index contributed by atoms with van der Waals surface area (Å²) in [5, 5.41) is 12.9. The van der Waals surface area contributed by atoms with Gasteiger partial charge in [0.15, 0.2) is 0 Å². The highest BCUT2D eigenvalue weighted by Gasteiger charge is 2.39. The average molecular weight is 337 g/mol. The van der Waals surface area contributed by atoms with E-state index < -0.39 is 0 Å². The lowest BCUT2D eigenvalue weighted by Gasteiger charge is -2.43. The Hall–Kier alpha value is -2.57. The first kappa shape index (κ1) is 16.3. The standard InChI is InChI=1S/C20H17ClN2O/c21-18-9-7-17(8-10-18)20(12-3-13-20)23-19(24)11-6-15-4-1-2-5-16(15)14-22/h1-2,4-11H,3,12-13H2,(H,23,24)/b11-6+. The highest BCUT2D eigenvalue weighted by atomic mass is 35.5. The zero-order chi connectivity index (χ0) is 17.0. The van der Waals surface area contributed by atoms with Crippen molar-refractivity contribution in [2.45, 2.75) is 24.8 Å². The van der Waals surface area contributed by atoms with Crippen molar-refractivity contribution in [3.05, 3.63) is 76.3 Å². The number of rotatable bonds is 4. The van der Waals surface area contributed by atoms with E-state index in [1.54, 1.807) is 18.2 Å². The molecule has 1 aliphatic carbocycles. The molecule has 1 aliphatic rings. The Bertz CT molecular complexity index is 814. The van der Waals surface area contributed by atoms with Crippen molar-refractivity contribution in [1.82, 2.24) is 5.32 Å². The lowest BCUT2D eigenvalue weighted by atomic mass is 9.72. The Morgan fingerprint density at radius 1 is 1.17 bits per heavy atom. The van der Waals surface area contributed by atoms with Crippen LogP contribution in [0.5, 0.6) is 0 Å². The quantitative estimate of drug-likeness (QED) is 0.840. The van der Waals surface area contributed by atoms with Crippen LogP contribution in [-0.2, 0) is 10.3 Å². The molecule has 4 heteroatoms. The van der Waals surface area contributed by atoms with Crippen LogP contribution in [0.25, 0.3) is 6.08 Å². The Morgan fingerprint density at radius 2 is 1.88 bits per heavy atom. The normalized spacial score (nSPS) is 15.5. The van der Waals surface area contributed by atoms with E-state index in [0.29, 0.717) is 10.6 Å². The SMILES string of the molecule is N#Cc1ccccc1/C=C/C(=O)NC1(c2ccc(Cl)cc2)CCC1. The van der Waals surface area contributed by atoms with Crippen LogP contribution in [0.15, 0.2) is 54.6 Å². The molecule has 3 nitrogen and oxygen atoms in total. The first-order chi connectivity index (χ1) is 11.6. The topological polar surface area (TPSA) is 52.9 Å². The maximum atomic E-state index is 12.4. The third-order valence-electron chi connectivity index (χ3n) is 4.46. The molecule has 1 N–H and O–H groups in total. The van der Waals surface area contributed by atoms with Crippen LogP contribution in [0.1, 0.15) is 36.0 Å². The van der Waals surface area contributed by atoms with Gasteiger partial charge in [0.2, 0.25) is 5.91 Å². The Labute approximate surface area is 146 Å². The summed E-state index contributed by atoms with van der Waals surface area (Å²) in [6, 6.07) is 17.0. The number of amides is 1. The van der Waals surface area contributed by atoms with E-state index >= 15 is 0 Å². The minimum atomic E-state index is -0.305. The Kier molecular flexibility index (Phi) is 4.69. The van der Waals surface area contributed by atoms with Gasteiger partial charge in [-0.2, -0.15) is 5.26 Å². The van der Waals surface area contributed by atoms with E-state index in [0.717, 1.165) is 30.4 Å². The lowest BCUT2D eigenvalue weighted by Crippen LogP contribution is -2.50. The van der Waals surface area contributed by atoms with Crippen LogP contribution in [-0.4, -0.2) is 5.91 Å². The maximum Gasteiger partial charge on any atom is 0.244 e. The van der Waals surface area contributed by atoms with E-state index in [-0.39, 0.29) is 11.4 Å². The molecule has 0 spiro atoms. The Balaban J connectivity index is 1.75. The molecular formula is C20H17ClN2O. The molecule has 1 amide bonds. The number of carbonyl (C=O) groups is 1. The van der Waals surface area contributed by atoms with Crippen molar-refractivity contribution in [2.75, 3.05) is 0 Å². The molecule has 1 saturated carbocycles. The minimum Gasteiger partial charge on any atom is -0.343 e. The van der Waals surface area contributed by atoms with Crippen molar-refractivity contribution in [3.63, 3.8) is 0 Å². The molecule has 0 atom stereocenters. The fourth-order valence-electron chi connectivity index (χ4n) is 2.97. The summed E-state index contributed by atoms with van der Waals surface area (Å²) in [6.45, 7) is 0. The number of hydrogen-bond donors (Lipinski definition) is 1. The molecule has 2 aromatic carbocycles. The lowest BCUT2D eigenvalue weighted by molar-refractivity contribution is -0.119. The van der Waals surface area contributed by atoms with E-state index in [1.807, 2.05) is 36.4 Å². The first-order valence-corrected chi connectivity index (χ1v) is 8.26. The monoisotopic (exact) mass is 336 g/mol. The second-order valence-corrected chi connectivity index (χ2v) is 6.40. The molecule has 24 heavy (non-hydrogen) atoms. The number of nitriles is 1. The van der Waals surface area contributed by atoms with E-state index in [9.17, 15) is 4.79 Å². The molecule has 2 aromatic rings. The van der Waals surface area contributed by atoms with Crippen LogP contribution < -0.4 is 5.32 Å². The second-order valence-electron chi connectivity index (χ2n) is 5.96. The summed E-state index contributed by atoms with van der Waals surface area (Å²) in [4.78, 5) is 12.4. The van der Waals surface area contributed by atoms with Gasteiger partial charge in [0, 0.05) is 11.1 Å². The van der Waals surface area contributed by atoms with Crippen LogP contribution in [0.2, 0.25) is 5.02 Å². The number of halogens is 1. The number of nitrogens with one attached hydrogen (secondary N) is 1. The predicted octanol–water partition coefficient (Wildman–Crippen LogP) is 4.42. The van der Waals surface area contributed by atoms with Gasteiger partial charge in [-0.3, -0.25) is 4.79 Å². The Morgan fingerprint density at radius 3 is 2.50 bits per heavy atom. The zero-order valence-electron chi connectivity index (χ0n) is 13.1. The van der Waals surface area contributed by atoms with Gasteiger partial charge in [-0.15, -0.1) is 0 Å². The zero-order valence-corrected chi connectivity index (χ0v) is 13.9. The fraction of sp³-hybridized carbons (Fsp3) is 0.200. The first-order valence-electron chi connectivity index (χ1n) is 7.88. The van der Waals surface area contributed by atoms with E-state index in [4.69, 9.17) is 16.9 Å². The molecule has 120 valence electrons. The van der Waals surface area contributed by atoms with Crippen LogP contribution in [0, 0.1) is 11.3 Å². The molecule has 0 aliphatic heterocycles. The van der Waals surface area contributed by atoms with Crippen molar-refractivity contribution >= 4 is 23.6 Å². The number of hydrogen-bond acceptors (Lipinski definition) is 2. The molecule has 1 fully saturated rings. The highest BCUT2D eigenvalue weighted by molar-refractivity contribution is 6.30. The number of benzene rings is 2. The smallest absolute Gasteiger partial charge is 0.244 e. The summed E-state index contributed by atoms with van der Waals surface area (Å²) in [5.41, 5.74) is 2.07. The molecule has 0 unspecified atom stereocenters. The van der Waals surface area contributed by atoms with Gasteiger partial charge >= 0.3 is 0 Å². The number of nitrogens with zero attached hydrogens (tertiary/aromatic N) is 1. The van der Waals surface area contributed by atoms with Crippen LogP contribution in [0.4, 0.5) is 0 Å². The van der Waals surface area contributed by atoms with Crippen molar-refractivity contribution in [3.8, 4) is 6.07 Å². The van der Waals surface area contributed by atoms with Gasteiger partial charge in [0.05, 0.1) is 17.2 Å². The van der Waals surface area contributed by atoms with Crippen LogP contribution >= 0.6 is 11.6 Å². The van der Waals surface area contributed by atoms with E-state index in [2.05, 4.69) is 11.4 Å². The predicted molar refractivity (Wildman–Crippen MR) is 95.3 cm³/mol. The summed E-state index contributed by atoms with van der Waals surface area (Å²) < 4.78 is 0. The van der Waals surface area contributed by atoms with Gasteiger partial charge in [-0.1, -0.05) is 41.9 Å². The average Bonchev–Trinajstić information content (AvgIpc) is 2.57. The van der Waals surface area contributed by atoms with Gasteiger partial charge in [0.1, 0.15) is 0 Å². The van der Waals surface area contributed by atoms with Gasteiger partial charge in [-0.25, -0.2) is 0 Å². The molecule has 0 saturated heterocycles. The molecule has 0 bridgehead atoms. The van der Waals surface area contributed by atoms with Gasteiger partial charge in [0.25, 0.3) is 0 Å². The van der Waals surface area contributed by atoms with Gasteiger partial charge in [-0.05, 0) is 54.7 Å². The van der Waals surface area contributed by atoms with Crippen molar-refractivity contribution < 1.29 is 4.79 Å². The molecule has 0 aromatic heterocycles. The summed E-state index contributed by atoms with van der Waals surface area (Å²) in [6.07, 6.45) is 6.10. The third kappa shape index (κ3) is 3.34. The van der Waals surface area contributed by atoms with Crippen molar-refractivity contribution in [2.24, 2.45) is 0 Å². The van der Waals surface area contributed by atoms with Crippen molar-refractivity contribution in [1.29, 1.82) is 5.26 Å². The molecule has 3 rings (SSSR count). The van der Waals surface area contributed by atoms with Gasteiger partial charge < -0.3 is 5.32 Å². The minimum absolute atomic E-state index is 0.155. The fourth-order valence-corrected chi connectivity index (χ4v) is 3.10. The molecule has 0 heterocycles. The second kappa shape index (κ2) is 6.90.